The van der Waals surface area contributed by atoms with Gasteiger partial charge in [-0.2, -0.15) is 10.2 Å². The average molecular weight is 470 g/mol. The van der Waals surface area contributed by atoms with Crippen molar-refractivity contribution >= 4 is 28.5 Å². The topological polar surface area (TPSA) is 89.0 Å². The molecule has 2 N–H and O–H groups in total. The predicted molar refractivity (Wildman–Crippen MR) is 134 cm³/mol. The number of nitrogens with zero attached hydrogens (tertiary/aromatic N) is 3. The SMILES string of the molecule is Cc1c(Oc2ccccc2)ccc(NC(=O)c2csc(-c3ccnnc3)n2)c1C1=CCNCC1. The third kappa shape index (κ3) is 4.73. The second-order valence-corrected chi connectivity index (χ2v) is 8.69. The van der Waals surface area contributed by atoms with Crippen molar-refractivity contribution in [1.82, 2.24) is 20.5 Å². The third-order valence-corrected chi connectivity index (χ3v) is 6.48. The molecule has 5 rings (SSSR count). The first kappa shape index (κ1) is 21.9. The lowest BCUT2D eigenvalue weighted by Crippen LogP contribution is -2.21. The molecule has 0 saturated heterocycles. The summed E-state index contributed by atoms with van der Waals surface area (Å²) in [5.74, 6) is 1.28. The van der Waals surface area contributed by atoms with Crippen LogP contribution in [-0.2, 0) is 0 Å². The van der Waals surface area contributed by atoms with Crippen molar-refractivity contribution in [1.29, 1.82) is 0 Å². The van der Waals surface area contributed by atoms with Crippen LogP contribution in [0.15, 0.2) is 72.4 Å². The fourth-order valence-electron chi connectivity index (χ4n) is 3.90. The van der Waals surface area contributed by atoms with Gasteiger partial charge in [-0.05, 0) is 55.8 Å². The lowest BCUT2D eigenvalue weighted by atomic mass is 9.93. The minimum atomic E-state index is -0.253. The fraction of sp³-hybridized carbons (Fsp3) is 0.154. The van der Waals surface area contributed by atoms with Crippen molar-refractivity contribution in [3.05, 3.63) is 89.2 Å². The summed E-state index contributed by atoms with van der Waals surface area (Å²) in [6, 6.07) is 15.3. The van der Waals surface area contributed by atoms with E-state index in [0.29, 0.717) is 5.69 Å². The monoisotopic (exact) mass is 469 g/mol. The summed E-state index contributed by atoms with van der Waals surface area (Å²) in [5, 5.41) is 16.6. The highest BCUT2D eigenvalue weighted by Gasteiger charge is 2.20. The maximum atomic E-state index is 13.1. The number of amides is 1. The molecule has 0 fully saturated rings. The molecule has 8 heteroatoms. The van der Waals surface area contributed by atoms with Gasteiger partial charge in [0.1, 0.15) is 22.2 Å². The van der Waals surface area contributed by atoms with E-state index in [1.807, 2.05) is 55.5 Å². The van der Waals surface area contributed by atoms with Gasteiger partial charge in [0, 0.05) is 34.3 Å². The Balaban J connectivity index is 1.46. The van der Waals surface area contributed by atoms with Gasteiger partial charge in [-0.15, -0.1) is 11.3 Å². The maximum Gasteiger partial charge on any atom is 0.275 e. The molecule has 0 spiro atoms. The number of hydrogen-bond acceptors (Lipinski definition) is 7. The molecular weight excluding hydrogens is 446 g/mol. The van der Waals surface area contributed by atoms with E-state index < -0.39 is 0 Å². The molecule has 1 aliphatic heterocycles. The Morgan fingerprint density at radius 2 is 2.00 bits per heavy atom. The van der Waals surface area contributed by atoms with E-state index in [1.165, 1.54) is 16.9 Å². The molecule has 0 bridgehead atoms. The van der Waals surface area contributed by atoms with Gasteiger partial charge >= 0.3 is 0 Å². The van der Waals surface area contributed by atoms with E-state index in [4.69, 9.17) is 4.74 Å². The number of ether oxygens (including phenoxy) is 1. The zero-order valence-electron chi connectivity index (χ0n) is 18.6. The molecule has 3 heterocycles. The van der Waals surface area contributed by atoms with E-state index in [1.54, 1.807) is 17.8 Å². The largest absolute Gasteiger partial charge is 0.457 e. The normalized spacial score (nSPS) is 13.3. The lowest BCUT2D eigenvalue weighted by molar-refractivity contribution is 0.102. The number of aromatic nitrogens is 3. The molecule has 170 valence electrons. The third-order valence-electron chi connectivity index (χ3n) is 5.59. The highest BCUT2D eigenvalue weighted by molar-refractivity contribution is 7.13. The van der Waals surface area contributed by atoms with Crippen molar-refractivity contribution in [2.45, 2.75) is 13.3 Å². The van der Waals surface area contributed by atoms with Crippen LogP contribution in [-0.4, -0.2) is 34.2 Å². The van der Waals surface area contributed by atoms with E-state index in [-0.39, 0.29) is 5.91 Å². The van der Waals surface area contributed by atoms with E-state index >= 15 is 0 Å². The van der Waals surface area contributed by atoms with E-state index in [2.05, 4.69) is 31.9 Å². The van der Waals surface area contributed by atoms with Crippen LogP contribution >= 0.6 is 11.3 Å². The van der Waals surface area contributed by atoms with Crippen LogP contribution in [0.4, 0.5) is 5.69 Å². The van der Waals surface area contributed by atoms with Crippen LogP contribution in [0.2, 0.25) is 0 Å². The molecule has 2 aromatic heterocycles. The van der Waals surface area contributed by atoms with Gasteiger partial charge in [0.2, 0.25) is 0 Å². The molecule has 34 heavy (non-hydrogen) atoms. The van der Waals surface area contributed by atoms with Crippen LogP contribution < -0.4 is 15.4 Å². The van der Waals surface area contributed by atoms with Crippen molar-refractivity contribution < 1.29 is 9.53 Å². The van der Waals surface area contributed by atoms with Crippen molar-refractivity contribution in [3.8, 4) is 22.1 Å². The highest BCUT2D eigenvalue weighted by Crippen LogP contribution is 2.37. The van der Waals surface area contributed by atoms with Crippen LogP contribution in [0.3, 0.4) is 0 Å². The number of hydrogen-bond donors (Lipinski definition) is 2. The zero-order chi connectivity index (χ0) is 23.3. The molecule has 0 aliphatic carbocycles. The quantitative estimate of drug-likeness (QED) is 0.397. The first-order chi connectivity index (χ1) is 16.7. The van der Waals surface area contributed by atoms with Gasteiger partial charge in [-0.1, -0.05) is 24.3 Å². The number of carbonyl (C=O) groups is 1. The first-order valence-electron chi connectivity index (χ1n) is 11.0. The zero-order valence-corrected chi connectivity index (χ0v) is 19.4. The van der Waals surface area contributed by atoms with E-state index in [9.17, 15) is 4.79 Å². The summed E-state index contributed by atoms with van der Waals surface area (Å²) in [4.78, 5) is 17.6. The van der Waals surface area contributed by atoms with Gasteiger partial charge in [-0.25, -0.2) is 4.98 Å². The number of benzene rings is 2. The van der Waals surface area contributed by atoms with Crippen molar-refractivity contribution in [2.75, 3.05) is 18.4 Å². The summed E-state index contributed by atoms with van der Waals surface area (Å²) < 4.78 is 6.16. The molecule has 4 aromatic rings. The molecule has 0 radical (unpaired) electrons. The molecule has 0 unspecified atom stereocenters. The smallest absolute Gasteiger partial charge is 0.275 e. The Morgan fingerprint density at radius 3 is 2.76 bits per heavy atom. The Hall–Kier alpha value is -3.88. The van der Waals surface area contributed by atoms with Gasteiger partial charge in [0.15, 0.2) is 0 Å². The molecular formula is C26H23N5O2S. The van der Waals surface area contributed by atoms with Gasteiger partial charge in [-0.3, -0.25) is 4.79 Å². The molecule has 7 nitrogen and oxygen atoms in total. The first-order valence-corrected chi connectivity index (χ1v) is 11.9. The van der Waals surface area contributed by atoms with Gasteiger partial charge in [0.05, 0.1) is 12.4 Å². The Kier molecular flexibility index (Phi) is 6.42. The number of rotatable bonds is 6. The Bertz CT molecular complexity index is 1340. The average Bonchev–Trinajstić information content (AvgIpc) is 3.38. The summed E-state index contributed by atoms with van der Waals surface area (Å²) in [7, 11) is 0. The van der Waals surface area contributed by atoms with Crippen LogP contribution in [0.5, 0.6) is 11.5 Å². The second kappa shape index (κ2) is 9.94. The number of anilines is 1. The van der Waals surface area contributed by atoms with Crippen LogP contribution in [0.25, 0.3) is 16.1 Å². The second-order valence-electron chi connectivity index (χ2n) is 7.83. The summed E-state index contributed by atoms with van der Waals surface area (Å²) in [5.41, 5.74) is 5.11. The summed E-state index contributed by atoms with van der Waals surface area (Å²) in [6.07, 6.45) is 6.29. The maximum absolute atomic E-state index is 13.1. The summed E-state index contributed by atoms with van der Waals surface area (Å²) in [6.45, 7) is 3.71. The van der Waals surface area contributed by atoms with Gasteiger partial charge < -0.3 is 15.4 Å². The number of thiazole rings is 1. The minimum Gasteiger partial charge on any atom is -0.457 e. The molecule has 1 amide bonds. The predicted octanol–water partition coefficient (Wildman–Crippen LogP) is 5.33. The number of para-hydroxylation sites is 1. The number of nitrogens with one attached hydrogen (secondary N) is 2. The minimum absolute atomic E-state index is 0.253. The highest BCUT2D eigenvalue weighted by atomic mass is 32.1. The molecule has 0 saturated carbocycles. The van der Waals surface area contributed by atoms with Crippen LogP contribution in [0.1, 0.15) is 28.0 Å². The number of carbonyl (C=O) groups excluding carboxylic acids is 1. The van der Waals surface area contributed by atoms with Crippen molar-refractivity contribution in [3.63, 3.8) is 0 Å². The van der Waals surface area contributed by atoms with Crippen molar-refractivity contribution in [2.24, 2.45) is 0 Å². The van der Waals surface area contributed by atoms with Gasteiger partial charge in [0.25, 0.3) is 5.91 Å². The Labute approximate surface area is 201 Å². The molecule has 0 atom stereocenters. The van der Waals surface area contributed by atoms with Crippen LogP contribution in [0, 0.1) is 6.92 Å². The van der Waals surface area contributed by atoms with E-state index in [0.717, 1.165) is 58.4 Å². The molecule has 2 aromatic carbocycles. The summed E-state index contributed by atoms with van der Waals surface area (Å²) >= 11 is 1.40. The fourth-order valence-corrected chi connectivity index (χ4v) is 4.69. The lowest BCUT2D eigenvalue weighted by Gasteiger charge is -2.22. The standard InChI is InChI=1S/C26H23N5O2S/c1-17-23(33-20-5-3-2-4-6-20)8-7-21(24(17)18-9-12-27-13-10-18)30-25(32)22-16-34-26(31-22)19-11-14-28-29-15-19/h2-9,11,14-16,27H,10,12-13H2,1H3,(H,30,32). The Morgan fingerprint density at radius 1 is 1.12 bits per heavy atom. The molecule has 1 aliphatic rings.